The molecule has 0 spiro atoms. The molecule has 0 aliphatic carbocycles. The van der Waals surface area contributed by atoms with Crippen LogP contribution >= 0.6 is 0 Å². The van der Waals surface area contributed by atoms with Gasteiger partial charge in [0.2, 0.25) is 0 Å². The Morgan fingerprint density at radius 2 is 1.84 bits per heavy atom. The SMILES string of the molecule is N#Cc1cc2ccccc2nc1-n1cccc1C#N. The molecule has 0 saturated carbocycles. The van der Waals surface area contributed by atoms with Crippen molar-refractivity contribution in [3.63, 3.8) is 0 Å². The molecule has 0 N–H and O–H groups in total. The summed E-state index contributed by atoms with van der Waals surface area (Å²) in [6.07, 6.45) is 1.73. The second kappa shape index (κ2) is 4.29. The minimum absolute atomic E-state index is 0.450. The number of hydrogen-bond donors (Lipinski definition) is 0. The molecular formula is C15H8N4. The van der Waals surface area contributed by atoms with E-state index in [1.165, 1.54) is 0 Å². The van der Waals surface area contributed by atoms with Gasteiger partial charge in [-0.1, -0.05) is 18.2 Å². The summed E-state index contributed by atoms with van der Waals surface area (Å²) in [4.78, 5) is 4.49. The predicted molar refractivity (Wildman–Crippen MR) is 70.5 cm³/mol. The van der Waals surface area contributed by atoms with Crippen LogP contribution in [-0.2, 0) is 0 Å². The van der Waals surface area contributed by atoms with E-state index >= 15 is 0 Å². The van der Waals surface area contributed by atoms with E-state index < -0.39 is 0 Å². The molecule has 88 valence electrons. The lowest BCUT2D eigenvalue weighted by Gasteiger charge is -2.07. The maximum atomic E-state index is 9.25. The molecule has 0 bridgehead atoms. The lowest BCUT2D eigenvalue weighted by Crippen LogP contribution is -2.02. The van der Waals surface area contributed by atoms with Gasteiger partial charge in [-0.3, -0.25) is 4.57 Å². The van der Waals surface area contributed by atoms with Gasteiger partial charge in [0.1, 0.15) is 17.8 Å². The lowest BCUT2D eigenvalue weighted by atomic mass is 10.1. The van der Waals surface area contributed by atoms with E-state index in [9.17, 15) is 5.26 Å². The van der Waals surface area contributed by atoms with Gasteiger partial charge in [0.05, 0.1) is 11.1 Å². The molecule has 2 heterocycles. The Kier molecular flexibility index (Phi) is 2.48. The van der Waals surface area contributed by atoms with Crippen molar-refractivity contribution in [2.45, 2.75) is 0 Å². The van der Waals surface area contributed by atoms with Crippen molar-refractivity contribution in [1.29, 1.82) is 10.5 Å². The summed E-state index contributed by atoms with van der Waals surface area (Å²) in [7, 11) is 0. The van der Waals surface area contributed by atoms with Crippen LogP contribution in [0.3, 0.4) is 0 Å². The zero-order valence-electron chi connectivity index (χ0n) is 9.91. The van der Waals surface area contributed by atoms with Crippen LogP contribution in [0, 0.1) is 22.7 Å². The molecule has 4 nitrogen and oxygen atoms in total. The predicted octanol–water partition coefficient (Wildman–Crippen LogP) is 2.77. The van der Waals surface area contributed by atoms with Gasteiger partial charge in [0, 0.05) is 11.6 Å². The highest BCUT2D eigenvalue weighted by molar-refractivity contribution is 5.81. The Labute approximate surface area is 109 Å². The summed E-state index contributed by atoms with van der Waals surface area (Å²) in [5.74, 6) is 0.489. The molecule has 0 aliphatic heterocycles. The van der Waals surface area contributed by atoms with Gasteiger partial charge < -0.3 is 0 Å². The van der Waals surface area contributed by atoms with E-state index in [0.717, 1.165) is 10.9 Å². The summed E-state index contributed by atoms with van der Waals surface area (Å²) < 4.78 is 1.63. The third-order valence-corrected chi connectivity index (χ3v) is 2.92. The van der Waals surface area contributed by atoms with Crippen LogP contribution in [0.4, 0.5) is 0 Å². The first-order valence-electron chi connectivity index (χ1n) is 5.71. The van der Waals surface area contributed by atoms with E-state index in [1.54, 1.807) is 29.0 Å². The molecular weight excluding hydrogens is 236 g/mol. The van der Waals surface area contributed by atoms with Crippen LogP contribution < -0.4 is 0 Å². The second-order valence-corrected chi connectivity index (χ2v) is 4.04. The Bertz CT molecular complexity index is 846. The molecule has 0 radical (unpaired) electrons. The Balaban J connectivity index is 2.35. The monoisotopic (exact) mass is 244 g/mol. The van der Waals surface area contributed by atoms with Gasteiger partial charge >= 0.3 is 0 Å². The quantitative estimate of drug-likeness (QED) is 0.661. The highest BCUT2D eigenvalue weighted by atomic mass is 15.1. The topological polar surface area (TPSA) is 65.4 Å². The van der Waals surface area contributed by atoms with Gasteiger partial charge in [-0.15, -0.1) is 0 Å². The highest BCUT2D eigenvalue weighted by Gasteiger charge is 2.11. The Morgan fingerprint density at radius 3 is 2.63 bits per heavy atom. The molecule has 0 atom stereocenters. The number of hydrogen-bond acceptors (Lipinski definition) is 3. The summed E-state index contributed by atoms with van der Waals surface area (Å²) in [6, 6.07) is 17.1. The van der Waals surface area contributed by atoms with Gasteiger partial charge in [-0.05, 0) is 24.3 Å². The highest BCUT2D eigenvalue weighted by Crippen LogP contribution is 2.20. The van der Waals surface area contributed by atoms with Crippen LogP contribution in [0.15, 0.2) is 48.7 Å². The number of benzene rings is 1. The van der Waals surface area contributed by atoms with E-state index in [0.29, 0.717) is 17.1 Å². The third-order valence-electron chi connectivity index (χ3n) is 2.92. The first-order chi connectivity index (χ1) is 9.33. The number of rotatable bonds is 1. The zero-order valence-corrected chi connectivity index (χ0v) is 9.91. The lowest BCUT2D eigenvalue weighted by molar-refractivity contribution is 0.994. The number of aromatic nitrogens is 2. The molecule has 1 aromatic carbocycles. The minimum Gasteiger partial charge on any atom is -0.291 e. The van der Waals surface area contributed by atoms with Crippen LogP contribution in [-0.4, -0.2) is 9.55 Å². The smallest absolute Gasteiger partial charge is 0.156 e. The maximum Gasteiger partial charge on any atom is 0.156 e. The molecule has 0 unspecified atom stereocenters. The van der Waals surface area contributed by atoms with Crippen molar-refractivity contribution in [3.8, 4) is 18.0 Å². The van der Waals surface area contributed by atoms with Crippen LogP contribution in [0.5, 0.6) is 0 Å². The van der Waals surface area contributed by atoms with Crippen molar-refractivity contribution >= 4 is 10.9 Å². The normalized spacial score (nSPS) is 10.0. The summed E-state index contributed by atoms with van der Waals surface area (Å²) in [5.41, 5.74) is 1.71. The summed E-state index contributed by atoms with van der Waals surface area (Å²) in [5, 5.41) is 19.2. The molecule has 0 saturated heterocycles. The van der Waals surface area contributed by atoms with Gasteiger partial charge in [-0.2, -0.15) is 10.5 Å². The van der Waals surface area contributed by atoms with Crippen molar-refractivity contribution < 1.29 is 0 Å². The van der Waals surface area contributed by atoms with E-state index in [4.69, 9.17) is 5.26 Å². The standard InChI is InChI=1S/C15H8N4/c16-9-12-8-11-4-1-2-6-14(11)18-15(12)19-7-3-5-13(19)10-17/h1-8H. The maximum absolute atomic E-state index is 9.25. The van der Waals surface area contributed by atoms with Crippen molar-refractivity contribution in [3.05, 3.63) is 59.9 Å². The molecule has 19 heavy (non-hydrogen) atoms. The summed E-state index contributed by atoms with van der Waals surface area (Å²) >= 11 is 0. The van der Waals surface area contributed by atoms with Crippen LogP contribution in [0.1, 0.15) is 11.3 Å². The molecule has 0 fully saturated rings. The fourth-order valence-electron chi connectivity index (χ4n) is 2.03. The second-order valence-electron chi connectivity index (χ2n) is 4.04. The molecule has 4 heteroatoms. The third kappa shape index (κ3) is 1.72. The van der Waals surface area contributed by atoms with Crippen LogP contribution in [0.2, 0.25) is 0 Å². The number of pyridine rings is 1. The number of nitriles is 2. The largest absolute Gasteiger partial charge is 0.291 e. The first kappa shape index (κ1) is 11.0. The van der Waals surface area contributed by atoms with Crippen molar-refractivity contribution in [2.24, 2.45) is 0 Å². The van der Waals surface area contributed by atoms with E-state index in [1.807, 2.05) is 24.3 Å². The molecule has 0 amide bonds. The average molecular weight is 244 g/mol. The summed E-state index contributed by atoms with van der Waals surface area (Å²) in [6.45, 7) is 0. The fraction of sp³-hybridized carbons (Fsp3) is 0. The Morgan fingerprint density at radius 1 is 1.00 bits per heavy atom. The first-order valence-corrected chi connectivity index (χ1v) is 5.71. The van der Waals surface area contributed by atoms with Gasteiger partial charge in [0.15, 0.2) is 5.82 Å². The molecule has 3 rings (SSSR count). The minimum atomic E-state index is 0.450. The molecule has 2 aromatic heterocycles. The van der Waals surface area contributed by atoms with Crippen molar-refractivity contribution in [2.75, 3.05) is 0 Å². The number of nitrogens with zero attached hydrogens (tertiary/aromatic N) is 4. The van der Waals surface area contributed by atoms with Gasteiger partial charge in [0.25, 0.3) is 0 Å². The van der Waals surface area contributed by atoms with Gasteiger partial charge in [-0.25, -0.2) is 4.98 Å². The molecule has 3 aromatic rings. The number of fused-ring (bicyclic) bond motifs is 1. The Hall–Kier alpha value is -3.11. The number of para-hydroxylation sites is 1. The van der Waals surface area contributed by atoms with E-state index in [2.05, 4.69) is 17.1 Å². The van der Waals surface area contributed by atoms with E-state index in [-0.39, 0.29) is 0 Å². The van der Waals surface area contributed by atoms with Crippen molar-refractivity contribution in [1.82, 2.24) is 9.55 Å². The van der Waals surface area contributed by atoms with Crippen LogP contribution in [0.25, 0.3) is 16.7 Å². The average Bonchev–Trinajstić information content (AvgIpc) is 2.94. The zero-order chi connectivity index (χ0) is 13.2. The molecule has 0 aliphatic rings. The fourth-order valence-corrected chi connectivity index (χ4v) is 2.03.